The quantitative estimate of drug-likeness (QED) is 0.638. The van der Waals surface area contributed by atoms with Crippen LogP contribution in [-0.2, 0) is 11.3 Å². The zero-order valence-corrected chi connectivity index (χ0v) is 18.2. The van der Waals surface area contributed by atoms with E-state index in [1.54, 1.807) is 16.8 Å². The fourth-order valence-electron chi connectivity index (χ4n) is 3.86. The molecule has 1 aliphatic heterocycles. The zero-order valence-electron chi connectivity index (χ0n) is 18.2. The molecular weight excluding hydrogens is 408 g/mol. The SMILES string of the molecule is Cc1cc(C)n(CC(=O)N2CCN(c3ccccc3C(=O)Nc3ccc(O)nc3)CC2)n1. The van der Waals surface area contributed by atoms with Gasteiger partial charge in [0.05, 0.1) is 23.1 Å². The van der Waals surface area contributed by atoms with E-state index in [0.717, 1.165) is 17.1 Å². The highest BCUT2D eigenvalue weighted by Crippen LogP contribution is 2.23. The Labute approximate surface area is 186 Å². The van der Waals surface area contributed by atoms with Gasteiger partial charge in [0.1, 0.15) is 6.54 Å². The minimum atomic E-state index is -0.254. The van der Waals surface area contributed by atoms with Crippen LogP contribution in [0.4, 0.5) is 11.4 Å². The number of hydrogen-bond donors (Lipinski definition) is 2. The van der Waals surface area contributed by atoms with E-state index < -0.39 is 0 Å². The average molecular weight is 435 g/mol. The van der Waals surface area contributed by atoms with Crippen LogP contribution >= 0.6 is 0 Å². The van der Waals surface area contributed by atoms with Gasteiger partial charge in [0.15, 0.2) is 0 Å². The number of amides is 2. The molecule has 0 unspecified atom stereocenters. The van der Waals surface area contributed by atoms with E-state index >= 15 is 0 Å². The van der Waals surface area contributed by atoms with Crippen molar-refractivity contribution in [2.75, 3.05) is 36.4 Å². The molecule has 1 saturated heterocycles. The Bertz CT molecular complexity index is 1120. The highest BCUT2D eigenvalue weighted by molar-refractivity contribution is 6.08. The zero-order chi connectivity index (χ0) is 22.7. The van der Waals surface area contributed by atoms with Gasteiger partial charge < -0.3 is 20.2 Å². The molecule has 9 nitrogen and oxygen atoms in total. The van der Waals surface area contributed by atoms with E-state index in [0.29, 0.717) is 37.4 Å². The predicted molar refractivity (Wildman–Crippen MR) is 121 cm³/mol. The molecule has 3 aromatic rings. The third-order valence-corrected chi connectivity index (χ3v) is 5.52. The van der Waals surface area contributed by atoms with Crippen molar-refractivity contribution in [3.05, 3.63) is 65.6 Å². The maximum Gasteiger partial charge on any atom is 0.257 e. The number of aryl methyl sites for hydroxylation is 2. The van der Waals surface area contributed by atoms with E-state index in [4.69, 9.17) is 0 Å². The summed E-state index contributed by atoms with van der Waals surface area (Å²) in [5.41, 5.74) is 3.74. The van der Waals surface area contributed by atoms with Gasteiger partial charge in [-0.2, -0.15) is 5.10 Å². The van der Waals surface area contributed by atoms with E-state index in [2.05, 4.69) is 20.3 Å². The number of hydrogen-bond acceptors (Lipinski definition) is 6. The van der Waals surface area contributed by atoms with Gasteiger partial charge in [-0.25, -0.2) is 4.98 Å². The number of aromatic nitrogens is 3. The van der Waals surface area contributed by atoms with Crippen molar-refractivity contribution in [2.24, 2.45) is 0 Å². The Balaban J connectivity index is 1.40. The fraction of sp³-hybridized carbons (Fsp3) is 0.304. The second-order valence-corrected chi connectivity index (χ2v) is 7.83. The molecular formula is C23H26N6O3. The number of nitrogens with zero attached hydrogens (tertiary/aromatic N) is 5. The van der Waals surface area contributed by atoms with Crippen molar-refractivity contribution in [1.82, 2.24) is 19.7 Å². The van der Waals surface area contributed by atoms with Crippen LogP contribution in [0.15, 0.2) is 48.7 Å². The summed E-state index contributed by atoms with van der Waals surface area (Å²) in [5, 5.41) is 16.5. The molecule has 2 amide bonds. The first-order valence-corrected chi connectivity index (χ1v) is 10.5. The van der Waals surface area contributed by atoms with Crippen molar-refractivity contribution in [1.29, 1.82) is 0 Å². The van der Waals surface area contributed by atoms with Crippen LogP contribution in [0.25, 0.3) is 0 Å². The van der Waals surface area contributed by atoms with Crippen LogP contribution in [0.5, 0.6) is 5.88 Å². The molecule has 9 heteroatoms. The van der Waals surface area contributed by atoms with E-state index in [1.165, 1.54) is 12.3 Å². The smallest absolute Gasteiger partial charge is 0.257 e. The fourth-order valence-corrected chi connectivity index (χ4v) is 3.86. The number of pyridine rings is 1. The minimum Gasteiger partial charge on any atom is -0.493 e. The van der Waals surface area contributed by atoms with Crippen LogP contribution in [0.2, 0.25) is 0 Å². The van der Waals surface area contributed by atoms with Gasteiger partial charge >= 0.3 is 0 Å². The van der Waals surface area contributed by atoms with E-state index in [9.17, 15) is 14.7 Å². The van der Waals surface area contributed by atoms with Gasteiger partial charge in [-0.1, -0.05) is 12.1 Å². The molecule has 0 spiro atoms. The van der Waals surface area contributed by atoms with Crippen molar-refractivity contribution in [2.45, 2.75) is 20.4 Å². The number of para-hydroxylation sites is 1. The maximum absolute atomic E-state index is 12.9. The number of aromatic hydroxyl groups is 1. The molecule has 1 aromatic carbocycles. The largest absolute Gasteiger partial charge is 0.493 e. The van der Waals surface area contributed by atoms with Crippen LogP contribution in [-0.4, -0.2) is 62.8 Å². The molecule has 0 radical (unpaired) electrons. The lowest BCUT2D eigenvalue weighted by Crippen LogP contribution is -2.50. The third-order valence-electron chi connectivity index (χ3n) is 5.52. The third kappa shape index (κ3) is 4.72. The van der Waals surface area contributed by atoms with Gasteiger partial charge in [-0.15, -0.1) is 0 Å². The number of nitrogens with one attached hydrogen (secondary N) is 1. The van der Waals surface area contributed by atoms with Crippen LogP contribution in [0.3, 0.4) is 0 Å². The first-order valence-electron chi connectivity index (χ1n) is 10.5. The maximum atomic E-state index is 12.9. The summed E-state index contributed by atoms with van der Waals surface area (Å²) in [4.78, 5) is 33.4. The van der Waals surface area contributed by atoms with Crippen molar-refractivity contribution < 1.29 is 14.7 Å². The molecule has 1 fully saturated rings. The molecule has 2 aromatic heterocycles. The molecule has 4 rings (SSSR count). The molecule has 0 aliphatic carbocycles. The van der Waals surface area contributed by atoms with Crippen LogP contribution in [0.1, 0.15) is 21.7 Å². The van der Waals surface area contributed by atoms with E-state index in [-0.39, 0.29) is 24.2 Å². The normalized spacial score (nSPS) is 13.8. The van der Waals surface area contributed by atoms with E-state index in [1.807, 2.05) is 43.0 Å². The number of piperazine rings is 1. The highest BCUT2D eigenvalue weighted by atomic mass is 16.3. The van der Waals surface area contributed by atoms with Crippen LogP contribution < -0.4 is 10.2 Å². The molecule has 0 saturated carbocycles. The Morgan fingerprint density at radius 2 is 1.81 bits per heavy atom. The summed E-state index contributed by atoms with van der Waals surface area (Å²) in [6.45, 7) is 6.52. The number of benzene rings is 1. The Kier molecular flexibility index (Phi) is 6.07. The van der Waals surface area contributed by atoms with Crippen molar-refractivity contribution >= 4 is 23.2 Å². The lowest BCUT2D eigenvalue weighted by Gasteiger charge is -2.37. The number of rotatable bonds is 5. The lowest BCUT2D eigenvalue weighted by molar-refractivity contribution is -0.132. The lowest BCUT2D eigenvalue weighted by atomic mass is 10.1. The van der Waals surface area contributed by atoms with Crippen molar-refractivity contribution in [3.8, 4) is 5.88 Å². The first kappa shape index (κ1) is 21.4. The number of carbonyl (C=O) groups excluding carboxylic acids is 2. The predicted octanol–water partition coefficient (Wildman–Crippen LogP) is 2.20. The Morgan fingerprint density at radius 3 is 2.47 bits per heavy atom. The molecule has 166 valence electrons. The summed E-state index contributed by atoms with van der Waals surface area (Å²) in [6, 6.07) is 12.4. The standard InChI is InChI=1S/C23H26N6O3/c1-16-13-17(2)29(26-16)15-22(31)28-11-9-27(10-12-28)20-6-4-3-5-19(20)23(32)25-18-7-8-21(30)24-14-18/h3-8,13-14H,9-12,15H2,1-2H3,(H,24,30)(H,25,32). The summed E-state index contributed by atoms with van der Waals surface area (Å²) < 4.78 is 1.74. The number of anilines is 2. The van der Waals surface area contributed by atoms with Gasteiger partial charge in [-0.05, 0) is 38.1 Å². The van der Waals surface area contributed by atoms with Crippen molar-refractivity contribution in [3.63, 3.8) is 0 Å². The van der Waals surface area contributed by atoms with Gasteiger partial charge in [0, 0.05) is 43.6 Å². The molecule has 2 N–H and O–H groups in total. The second kappa shape index (κ2) is 9.09. The highest BCUT2D eigenvalue weighted by Gasteiger charge is 2.24. The molecule has 3 heterocycles. The van der Waals surface area contributed by atoms with Gasteiger partial charge in [0.25, 0.3) is 5.91 Å². The van der Waals surface area contributed by atoms with Gasteiger partial charge in [-0.3, -0.25) is 14.3 Å². The summed E-state index contributed by atoms with van der Waals surface area (Å²) in [6.07, 6.45) is 1.41. The topological polar surface area (TPSA) is 104 Å². The van der Waals surface area contributed by atoms with Gasteiger partial charge in [0.2, 0.25) is 11.8 Å². The summed E-state index contributed by atoms with van der Waals surface area (Å²) in [7, 11) is 0. The summed E-state index contributed by atoms with van der Waals surface area (Å²) in [5.74, 6) is -0.313. The number of carbonyl (C=O) groups is 2. The molecule has 32 heavy (non-hydrogen) atoms. The van der Waals surface area contributed by atoms with Crippen LogP contribution in [0, 0.1) is 13.8 Å². The molecule has 1 aliphatic rings. The second-order valence-electron chi connectivity index (χ2n) is 7.83. The Morgan fingerprint density at radius 1 is 1.06 bits per heavy atom. The monoisotopic (exact) mass is 434 g/mol. The summed E-state index contributed by atoms with van der Waals surface area (Å²) >= 11 is 0. The molecule has 0 bridgehead atoms. The first-order chi connectivity index (χ1) is 15.4. The molecule has 0 atom stereocenters. The Hall–Kier alpha value is -3.88. The minimum absolute atomic E-state index is 0.0432. The average Bonchev–Trinajstić information content (AvgIpc) is 3.11.